The van der Waals surface area contributed by atoms with Gasteiger partial charge in [0.05, 0.1) is 5.69 Å². The molecule has 0 saturated carbocycles. The average Bonchev–Trinajstić information content (AvgIpc) is 2.07. The van der Waals surface area contributed by atoms with Crippen molar-refractivity contribution in [2.45, 2.75) is 0 Å². The summed E-state index contributed by atoms with van der Waals surface area (Å²) in [6.45, 7) is 0.504. The molecule has 6 N–H and O–H groups in total. The van der Waals surface area contributed by atoms with Gasteiger partial charge in [-0.25, -0.2) is 4.98 Å². The highest BCUT2D eigenvalue weighted by Crippen LogP contribution is 2.12. The Hall–Kier alpha value is -1.55. The minimum Gasteiger partial charge on any atom is -0.396 e. The molecule has 0 aromatic carbocycles. The molecule has 0 atom stereocenters. The van der Waals surface area contributed by atoms with Crippen molar-refractivity contribution in [3.63, 3.8) is 0 Å². The molecule has 0 aliphatic rings. The van der Waals surface area contributed by atoms with Crippen molar-refractivity contribution in [3.8, 4) is 0 Å². The van der Waals surface area contributed by atoms with Crippen LogP contribution in [0.5, 0.6) is 0 Å². The van der Waals surface area contributed by atoms with Gasteiger partial charge in [0.2, 0.25) is 0 Å². The predicted molar refractivity (Wildman–Crippen MR) is 51.2 cm³/mol. The quantitative estimate of drug-likeness (QED) is 0.583. The van der Waals surface area contributed by atoms with Gasteiger partial charge in [0.1, 0.15) is 5.82 Å². The van der Waals surface area contributed by atoms with Crippen LogP contribution in [-0.4, -0.2) is 11.5 Å². The molecule has 0 aliphatic carbocycles. The molecule has 4 heteroatoms. The number of hydrogen-bond donors (Lipinski definition) is 3. The van der Waals surface area contributed by atoms with Gasteiger partial charge >= 0.3 is 0 Å². The van der Waals surface area contributed by atoms with Crippen molar-refractivity contribution in [2.75, 3.05) is 18.0 Å². The Morgan fingerprint density at radius 2 is 2.17 bits per heavy atom. The number of nitrogens with zero attached hydrogens (tertiary/aromatic N) is 1. The molecule has 0 fully saturated rings. The van der Waals surface area contributed by atoms with E-state index < -0.39 is 0 Å². The molecule has 0 amide bonds. The fourth-order valence-electron chi connectivity index (χ4n) is 0.805. The van der Waals surface area contributed by atoms with Crippen LogP contribution in [0.15, 0.2) is 18.3 Å². The van der Waals surface area contributed by atoms with Crippen LogP contribution in [0.4, 0.5) is 11.5 Å². The predicted octanol–water partition coefficient (Wildman–Crippen LogP) is 0.218. The fraction of sp³-hybridized carbons (Fsp3) is 0.125. The molecule has 1 rings (SSSR count). The second-order valence-electron chi connectivity index (χ2n) is 2.38. The van der Waals surface area contributed by atoms with Gasteiger partial charge in [-0.3, -0.25) is 0 Å². The van der Waals surface area contributed by atoms with Crippen LogP contribution in [0.1, 0.15) is 5.56 Å². The van der Waals surface area contributed by atoms with Gasteiger partial charge < -0.3 is 17.2 Å². The molecular formula is C8H12N4. The summed E-state index contributed by atoms with van der Waals surface area (Å²) in [4.78, 5) is 3.89. The average molecular weight is 164 g/mol. The van der Waals surface area contributed by atoms with Crippen molar-refractivity contribution in [1.82, 2.24) is 4.98 Å². The molecule has 0 radical (unpaired) electrons. The van der Waals surface area contributed by atoms with Crippen molar-refractivity contribution in [1.29, 1.82) is 0 Å². The Morgan fingerprint density at radius 3 is 2.75 bits per heavy atom. The lowest BCUT2D eigenvalue weighted by molar-refractivity contribution is 1.26. The minimum absolute atomic E-state index is 0.361. The first-order valence-corrected chi connectivity index (χ1v) is 3.61. The Balaban J connectivity index is 2.89. The third-order valence-electron chi connectivity index (χ3n) is 1.42. The van der Waals surface area contributed by atoms with Crippen LogP contribution >= 0.6 is 0 Å². The molecule has 0 aliphatic heterocycles. The maximum atomic E-state index is 5.54. The van der Waals surface area contributed by atoms with Gasteiger partial charge in [-0.05, 0) is 11.6 Å². The van der Waals surface area contributed by atoms with Crippen LogP contribution < -0.4 is 17.2 Å². The summed E-state index contributed by atoms with van der Waals surface area (Å²) in [6.07, 6.45) is 5.33. The van der Waals surface area contributed by atoms with Crippen LogP contribution in [-0.2, 0) is 0 Å². The molecule has 64 valence electrons. The van der Waals surface area contributed by atoms with Crippen molar-refractivity contribution < 1.29 is 0 Å². The van der Waals surface area contributed by atoms with E-state index in [0.717, 1.165) is 5.56 Å². The lowest BCUT2D eigenvalue weighted by Gasteiger charge is -1.98. The van der Waals surface area contributed by atoms with E-state index in [1.807, 2.05) is 12.2 Å². The summed E-state index contributed by atoms with van der Waals surface area (Å²) in [5, 5.41) is 0. The van der Waals surface area contributed by atoms with Gasteiger partial charge in [-0.15, -0.1) is 0 Å². The van der Waals surface area contributed by atoms with Gasteiger partial charge in [0, 0.05) is 12.7 Å². The van der Waals surface area contributed by atoms with Crippen molar-refractivity contribution >= 4 is 17.6 Å². The molecule has 1 aromatic heterocycles. The smallest absolute Gasteiger partial charge is 0.146 e. The lowest BCUT2D eigenvalue weighted by atomic mass is 10.2. The summed E-state index contributed by atoms with van der Waals surface area (Å²) < 4.78 is 0. The van der Waals surface area contributed by atoms with Crippen LogP contribution in [0.2, 0.25) is 0 Å². The van der Waals surface area contributed by atoms with E-state index >= 15 is 0 Å². The van der Waals surface area contributed by atoms with Gasteiger partial charge in [-0.2, -0.15) is 0 Å². The van der Waals surface area contributed by atoms with E-state index in [-0.39, 0.29) is 0 Å². The Kier molecular flexibility index (Phi) is 2.66. The Labute approximate surface area is 71.1 Å². The summed E-state index contributed by atoms with van der Waals surface area (Å²) in [5.41, 5.74) is 17.7. The van der Waals surface area contributed by atoms with E-state index in [9.17, 15) is 0 Å². The van der Waals surface area contributed by atoms with Gasteiger partial charge in [0.15, 0.2) is 0 Å². The van der Waals surface area contributed by atoms with Crippen LogP contribution in [0.3, 0.4) is 0 Å². The first-order valence-electron chi connectivity index (χ1n) is 3.61. The molecule has 0 bridgehead atoms. The first-order chi connectivity index (χ1) is 5.74. The highest BCUT2D eigenvalue weighted by Gasteiger charge is 1.94. The van der Waals surface area contributed by atoms with Gasteiger partial charge in [-0.1, -0.05) is 12.2 Å². The first kappa shape index (κ1) is 8.55. The monoisotopic (exact) mass is 164 g/mol. The third kappa shape index (κ3) is 1.96. The third-order valence-corrected chi connectivity index (χ3v) is 1.42. The van der Waals surface area contributed by atoms with Crippen LogP contribution in [0.25, 0.3) is 6.08 Å². The molecule has 0 saturated heterocycles. The zero-order valence-corrected chi connectivity index (χ0v) is 6.70. The summed E-state index contributed by atoms with van der Waals surface area (Å²) in [6, 6.07) is 1.76. The maximum Gasteiger partial charge on any atom is 0.146 e. The van der Waals surface area contributed by atoms with E-state index in [2.05, 4.69) is 4.98 Å². The summed E-state index contributed by atoms with van der Waals surface area (Å²) in [7, 11) is 0. The minimum atomic E-state index is 0.361. The number of aromatic nitrogens is 1. The molecule has 12 heavy (non-hydrogen) atoms. The normalized spacial score (nSPS) is 10.8. The zero-order valence-electron chi connectivity index (χ0n) is 6.70. The summed E-state index contributed by atoms with van der Waals surface area (Å²) >= 11 is 0. The Morgan fingerprint density at radius 1 is 1.42 bits per heavy atom. The standard InChI is InChI=1S/C8H12N4/c9-3-1-2-6-4-7(10)8(11)12-5-6/h1-2,4-5H,3,9-10H2,(H2,11,12). The maximum absolute atomic E-state index is 5.54. The molecule has 0 unspecified atom stereocenters. The van der Waals surface area contributed by atoms with Crippen LogP contribution in [0, 0.1) is 0 Å². The second kappa shape index (κ2) is 3.73. The largest absolute Gasteiger partial charge is 0.396 e. The number of hydrogen-bond acceptors (Lipinski definition) is 4. The van der Waals surface area contributed by atoms with E-state index in [1.54, 1.807) is 12.3 Å². The van der Waals surface area contributed by atoms with Crippen molar-refractivity contribution in [2.24, 2.45) is 5.73 Å². The zero-order chi connectivity index (χ0) is 8.97. The molecular weight excluding hydrogens is 152 g/mol. The number of pyridine rings is 1. The molecule has 0 spiro atoms. The van der Waals surface area contributed by atoms with Gasteiger partial charge in [0.25, 0.3) is 0 Å². The number of nitrogen functional groups attached to an aromatic ring is 2. The molecule has 4 nitrogen and oxygen atoms in total. The second-order valence-corrected chi connectivity index (χ2v) is 2.38. The number of anilines is 2. The lowest BCUT2D eigenvalue weighted by Crippen LogP contribution is -1.98. The summed E-state index contributed by atoms with van der Waals surface area (Å²) in [5.74, 6) is 0.361. The fourth-order valence-corrected chi connectivity index (χ4v) is 0.805. The van der Waals surface area contributed by atoms with E-state index in [0.29, 0.717) is 18.1 Å². The molecule has 1 heterocycles. The SMILES string of the molecule is NCC=Cc1cnc(N)c(N)c1. The topological polar surface area (TPSA) is 90.9 Å². The van der Waals surface area contributed by atoms with E-state index in [1.165, 1.54) is 0 Å². The number of nitrogens with two attached hydrogens (primary N) is 3. The van der Waals surface area contributed by atoms with E-state index in [4.69, 9.17) is 17.2 Å². The Bertz CT molecular complexity index is 293. The highest BCUT2D eigenvalue weighted by atomic mass is 14.9. The van der Waals surface area contributed by atoms with Crippen molar-refractivity contribution in [3.05, 3.63) is 23.9 Å². The molecule has 1 aromatic rings. The number of rotatable bonds is 2. The highest BCUT2D eigenvalue weighted by molar-refractivity contribution is 5.63.